The zero-order chi connectivity index (χ0) is 13.0. The summed E-state index contributed by atoms with van der Waals surface area (Å²) in [5.41, 5.74) is 0. The van der Waals surface area contributed by atoms with Crippen molar-refractivity contribution in [2.75, 3.05) is 19.6 Å². The highest BCUT2D eigenvalue weighted by molar-refractivity contribution is 5.00. The molecule has 3 unspecified atom stereocenters. The minimum atomic E-state index is 0.559. The van der Waals surface area contributed by atoms with Crippen molar-refractivity contribution in [2.45, 2.75) is 45.7 Å². The van der Waals surface area contributed by atoms with Crippen molar-refractivity contribution < 1.29 is 4.42 Å². The molecule has 1 N–H and O–H groups in total. The van der Waals surface area contributed by atoms with E-state index in [1.165, 1.54) is 19.5 Å². The van der Waals surface area contributed by atoms with Crippen molar-refractivity contribution in [1.82, 2.24) is 10.2 Å². The smallest absolute Gasteiger partial charge is 0.105 e. The molecule has 1 saturated heterocycles. The van der Waals surface area contributed by atoms with Crippen LogP contribution >= 0.6 is 0 Å². The van der Waals surface area contributed by atoms with Gasteiger partial charge in [-0.25, -0.2) is 0 Å². The third kappa shape index (κ3) is 3.85. The van der Waals surface area contributed by atoms with Crippen molar-refractivity contribution in [2.24, 2.45) is 5.92 Å². The van der Waals surface area contributed by atoms with E-state index in [9.17, 15) is 0 Å². The molecule has 1 aliphatic heterocycles. The van der Waals surface area contributed by atoms with Gasteiger partial charge < -0.3 is 9.73 Å². The van der Waals surface area contributed by atoms with Crippen molar-refractivity contribution in [3.63, 3.8) is 0 Å². The number of hydrogen-bond acceptors (Lipinski definition) is 3. The summed E-state index contributed by atoms with van der Waals surface area (Å²) in [6.45, 7) is 10.4. The highest BCUT2D eigenvalue weighted by Gasteiger charge is 2.21. The fraction of sp³-hybridized carbons (Fsp3) is 0.733. The summed E-state index contributed by atoms with van der Waals surface area (Å²) in [4.78, 5) is 2.62. The lowest BCUT2D eigenvalue weighted by Crippen LogP contribution is -2.46. The second-order valence-corrected chi connectivity index (χ2v) is 5.83. The minimum Gasteiger partial charge on any atom is -0.469 e. The third-order valence-corrected chi connectivity index (χ3v) is 3.91. The van der Waals surface area contributed by atoms with Gasteiger partial charge >= 0.3 is 0 Å². The van der Waals surface area contributed by atoms with Gasteiger partial charge in [-0.2, -0.15) is 0 Å². The average Bonchev–Trinajstić information content (AvgIpc) is 2.82. The zero-order valence-electron chi connectivity index (χ0n) is 11.9. The van der Waals surface area contributed by atoms with Crippen molar-refractivity contribution >= 4 is 0 Å². The fourth-order valence-corrected chi connectivity index (χ4v) is 2.67. The summed E-state index contributed by atoms with van der Waals surface area (Å²) < 4.78 is 5.46. The molecule has 1 aromatic rings. The second-order valence-electron chi connectivity index (χ2n) is 5.83. The third-order valence-electron chi connectivity index (χ3n) is 3.91. The van der Waals surface area contributed by atoms with Crippen LogP contribution in [0, 0.1) is 5.92 Å². The molecule has 102 valence electrons. The van der Waals surface area contributed by atoms with Crippen molar-refractivity contribution in [1.29, 1.82) is 0 Å². The molecular formula is C15H26N2O. The van der Waals surface area contributed by atoms with E-state index in [0.29, 0.717) is 18.0 Å². The summed E-state index contributed by atoms with van der Waals surface area (Å²) in [7, 11) is 0. The minimum absolute atomic E-state index is 0.559. The van der Waals surface area contributed by atoms with Crippen LogP contribution in [0.15, 0.2) is 22.8 Å². The predicted molar refractivity (Wildman–Crippen MR) is 74.7 cm³/mol. The lowest BCUT2D eigenvalue weighted by Gasteiger charge is -2.35. The van der Waals surface area contributed by atoms with Gasteiger partial charge in [-0.15, -0.1) is 0 Å². The molecule has 1 aromatic heterocycles. The van der Waals surface area contributed by atoms with Gasteiger partial charge in [0.05, 0.1) is 6.26 Å². The van der Waals surface area contributed by atoms with E-state index >= 15 is 0 Å². The number of rotatable bonds is 3. The van der Waals surface area contributed by atoms with Crippen LogP contribution in [0.25, 0.3) is 0 Å². The van der Waals surface area contributed by atoms with Crippen LogP contribution in [0.4, 0.5) is 0 Å². The Morgan fingerprint density at radius 1 is 1.50 bits per heavy atom. The molecule has 3 atom stereocenters. The van der Waals surface area contributed by atoms with Gasteiger partial charge in [-0.05, 0) is 51.4 Å². The standard InChI is InChI=1S/C15H26N2O/c1-12-10-16-13(2)6-7-17(11-12)14(3)9-15-5-4-8-18-15/h4-5,8,12-14,16H,6-7,9-11H2,1-3H3. The molecule has 0 aromatic carbocycles. The normalized spacial score (nSPS) is 28.6. The highest BCUT2D eigenvalue weighted by Crippen LogP contribution is 2.14. The number of nitrogens with zero attached hydrogens (tertiary/aromatic N) is 1. The lowest BCUT2D eigenvalue weighted by molar-refractivity contribution is 0.151. The van der Waals surface area contributed by atoms with Gasteiger partial charge in [0.1, 0.15) is 5.76 Å². The molecule has 0 radical (unpaired) electrons. The molecule has 0 amide bonds. The molecule has 0 bridgehead atoms. The molecule has 3 heteroatoms. The van der Waals surface area contributed by atoms with E-state index in [1.807, 2.05) is 6.07 Å². The maximum Gasteiger partial charge on any atom is 0.105 e. The molecule has 2 heterocycles. The fourth-order valence-electron chi connectivity index (χ4n) is 2.67. The van der Waals surface area contributed by atoms with Gasteiger partial charge in [-0.3, -0.25) is 4.90 Å². The Hall–Kier alpha value is -0.800. The van der Waals surface area contributed by atoms with Crippen LogP contribution in [0.5, 0.6) is 0 Å². The molecule has 0 spiro atoms. The van der Waals surface area contributed by atoms with Gasteiger partial charge in [0.15, 0.2) is 0 Å². The molecular weight excluding hydrogens is 224 g/mol. The molecule has 3 nitrogen and oxygen atoms in total. The zero-order valence-corrected chi connectivity index (χ0v) is 11.9. The Bertz CT molecular complexity index is 336. The number of hydrogen-bond donors (Lipinski definition) is 1. The molecule has 0 aliphatic carbocycles. The van der Waals surface area contributed by atoms with Crippen molar-refractivity contribution in [3.8, 4) is 0 Å². The Morgan fingerprint density at radius 2 is 2.33 bits per heavy atom. The molecule has 1 aliphatic rings. The molecule has 1 fully saturated rings. The Balaban J connectivity index is 1.92. The second kappa shape index (κ2) is 6.39. The summed E-state index contributed by atoms with van der Waals surface area (Å²) in [5.74, 6) is 1.81. The van der Waals surface area contributed by atoms with E-state index in [0.717, 1.165) is 18.7 Å². The summed E-state index contributed by atoms with van der Waals surface area (Å²) in [6, 6.07) is 5.24. The van der Waals surface area contributed by atoms with Crippen molar-refractivity contribution in [3.05, 3.63) is 24.2 Å². The first-order valence-corrected chi connectivity index (χ1v) is 7.15. The SMILES string of the molecule is CC1CNC(C)CCN(C(C)Cc2ccco2)C1. The highest BCUT2D eigenvalue weighted by atomic mass is 16.3. The first-order chi connectivity index (χ1) is 8.65. The van der Waals surface area contributed by atoms with E-state index in [4.69, 9.17) is 4.42 Å². The summed E-state index contributed by atoms with van der Waals surface area (Å²) in [6.07, 6.45) is 4.01. The van der Waals surface area contributed by atoms with Gasteiger partial charge in [-0.1, -0.05) is 6.92 Å². The number of furan rings is 1. The largest absolute Gasteiger partial charge is 0.469 e. The van der Waals surface area contributed by atoms with E-state index in [2.05, 4.69) is 37.1 Å². The molecule has 0 saturated carbocycles. The number of nitrogens with one attached hydrogen (secondary N) is 1. The van der Waals surface area contributed by atoms with Crippen LogP contribution in [-0.2, 0) is 6.42 Å². The van der Waals surface area contributed by atoms with Crippen LogP contribution in [0.3, 0.4) is 0 Å². The first-order valence-electron chi connectivity index (χ1n) is 7.15. The van der Waals surface area contributed by atoms with Crippen LogP contribution in [-0.4, -0.2) is 36.6 Å². The van der Waals surface area contributed by atoms with E-state index < -0.39 is 0 Å². The molecule has 2 rings (SSSR count). The Labute approximate surface area is 111 Å². The summed E-state index contributed by atoms with van der Waals surface area (Å²) in [5, 5.41) is 3.59. The Kier molecular flexibility index (Phi) is 4.84. The van der Waals surface area contributed by atoms with Crippen LogP contribution in [0.2, 0.25) is 0 Å². The predicted octanol–water partition coefficient (Wildman–Crippen LogP) is 2.53. The lowest BCUT2D eigenvalue weighted by atomic mass is 10.0. The quantitative estimate of drug-likeness (QED) is 0.893. The van der Waals surface area contributed by atoms with Crippen LogP contribution < -0.4 is 5.32 Å². The van der Waals surface area contributed by atoms with Gasteiger partial charge in [0, 0.05) is 25.0 Å². The van der Waals surface area contributed by atoms with Gasteiger partial charge in [0.25, 0.3) is 0 Å². The van der Waals surface area contributed by atoms with Crippen LogP contribution in [0.1, 0.15) is 33.0 Å². The maximum atomic E-state index is 5.46. The first kappa shape index (κ1) is 13.6. The average molecular weight is 250 g/mol. The maximum absolute atomic E-state index is 5.46. The Morgan fingerprint density at radius 3 is 3.06 bits per heavy atom. The van der Waals surface area contributed by atoms with Gasteiger partial charge in [0.2, 0.25) is 0 Å². The van der Waals surface area contributed by atoms with E-state index in [-0.39, 0.29) is 0 Å². The molecule has 18 heavy (non-hydrogen) atoms. The van der Waals surface area contributed by atoms with E-state index in [1.54, 1.807) is 6.26 Å². The summed E-state index contributed by atoms with van der Waals surface area (Å²) >= 11 is 0. The topological polar surface area (TPSA) is 28.4 Å². The monoisotopic (exact) mass is 250 g/mol.